The molecule has 2 rings (SSSR count). The summed E-state index contributed by atoms with van der Waals surface area (Å²) >= 11 is 0. The summed E-state index contributed by atoms with van der Waals surface area (Å²) in [7, 11) is 0. The molecule has 0 aliphatic rings. The number of carbonyl (C=O) groups is 1. The van der Waals surface area contributed by atoms with Gasteiger partial charge in [0.15, 0.2) is 6.61 Å². The molecule has 0 aliphatic heterocycles. The molecule has 0 bridgehead atoms. The fourth-order valence-corrected chi connectivity index (χ4v) is 2.48. The first kappa shape index (κ1) is 19.0. The van der Waals surface area contributed by atoms with Gasteiger partial charge in [0.1, 0.15) is 11.6 Å². The molecule has 136 valence electrons. The first-order valence-electron chi connectivity index (χ1n) is 8.57. The van der Waals surface area contributed by atoms with E-state index < -0.39 is 0 Å². The average Bonchev–Trinajstić information content (AvgIpc) is 2.85. The largest absolute Gasteiger partial charge is 0.484 e. The van der Waals surface area contributed by atoms with Gasteiger partial charge < -0.3 is 10.1 Å². The highest BCUT2D eigenvalue weighted by atomic mass is 16.5. The van der Waals surface area contributed by atoms with Gasteiger partial charge in [0.2, 0.25) is 0 Å². The van der Waals surface area contributed by atoms with E-state index >= 15 is 0 Å². The van der Waals surface area contributed by atoms with Gasteiger partial charge in [-0.05, 0) is 50.8 Å². The monoisotopic (exact) mass is 343 g/mol. The number of anilines is 1. The van der Waals surface area contributed by atoms with E-state index in [0.717, 1.165) is 5.69 Å². The van der Waals surface area contributed by atoms with Crippen molar-refractivity contribution in [2.75, 3.05) is 11.9 Å². The number of rotatable bonds is 4. The molecule has 1 aromatic heterocycles. The van der Waals surface area contributed by atoms with Crippen LogP contribution in [0.1, 0.15) is 52.8 Å². The van der Waals surface area contributed by atoms with Gasteiger partial charge in [-0.1, -0.05) is 32.9 Å². The maximum atomic E-state index is 12.2. The Labute approximate surface area is 150 Å². The third-order valence-electron chi connectivity index (χ3n) is 3.82. The molecule has 0 unspecified atom stereocenters. The van der Waals surface area contributed by atoms with E-state index in [4.69, 9.17) is 4.74 Å². The van der Waals surface area contributed by atoms with Gasteiger partial charge in [-0.15, -0.1) is 0 Å². The average molecular weight is 343 g/mol. The molecule has 1 N–H and O–H groups in total. The van der Waals surface area contributed by atoms with Crippen molar-refractivity contribution < 1.29 is 9.53 Å². The molecule has 0 atom stereocenters. The summed E-state index contributed by atoms with van der Waals surface area (Å²) in [6.45, 7) is 14.5. The van der Waals surface area contributed by atoms with E-state index in [-0.39, 0.29) is 23.5 Å². The Balaban J connectivity index is 1.98. The van der Waals surface area contributed by atoms with Crippen LogP contribution in [0, 0.1) is 6.92 Å². The second kappa shape index (κ2) is 6.90. The van der Waals surface area contributed by atoms with Crippen LogP contribution in [0.25, 0.3) is 0 Å². The van der Waals surface area contributed by atoms with Gasteiger partial charge in [-0.2, -0.15) is 5.10 Å². The SMILES string of the molecule is Cc1cc(NC(=O)COc2ccc(C(C)(C)C)cc2)n(C(C)(C)C)n1. The predicted octanol–water partition coefficient (Wildman–Crippen LogP) is 4.26. The first-order chi connectivity index (χ1) is 11.5. The van der Waals surface area contributed by atoms with E-state index in [1.165, 1.54) is 5.56 Å². The summed E-state index contributed by atoms with van der Waals surface area (Å²) in [5.74, 6) is 1.16. The quantitative estimate of drug-likeness (QED) is 0.902. The van der Waals surface area contributed by atoms with E-state index in [1.54, 1.807) is 0 Å². The third-order valence-corrected chi connectivity index (χ3v) is 3.82. The van der Waals surface area contributed by atoms with Gasteiger partial charge >= 0.3 is 0 Å². The number of nitrogens with one attached hydrogen (secondary N) is 1. The predicted molar refractivity (Wildman–Crippen MR) is 101 cm³/mol. The molecule has 0 saturated heterocycles. The highest BCUT2D eigenvalue weighted by Crippen LogP contribution is 2.24. The Hall–Kier alpha value is -2.30. The lowest BCUT2D eigenvalue weighted by molar-refractivity contribution is -0.118. The number of amides is 1. The molecule has 0 radical (unpaired) electrons. The molecular weight excluding hydrogens is 314 g/mol. The standard InChI is InChI=1S/C20H29N3O2/c1-14-12-17(23(22-14)20(5,6)7)21-18(24)13-25-16-10-8-15(9-11-16)19(2,3)4/h8-12H,13H2,1-7H3,(H,21,24). The second-order valence-electron chi connectivity index (χ2n) is 8.36. The van der Waals surface area contributed by atoms with Crippen molar-refractivity contribution in [3.8, 4) is 5.75 Å². The highest BCUT2D eigenvalue weighted by Gasteiger charge is 2.20. The van der Waals surface area contributed by atoms with Crippen LogP contribution in [-0.4, -0.2) is 22.3 Å². The van der Waals surface area contributed by atoms with E-state index in [1.807, 2.05) is 62.7 Å². The molecule has 5 heteroatoms. The van der Waals surface area contributed by atoms with Crippen molar-refractivity contribution in [3.05, 3.63) is 41.6 Å². The molecule has 0 spiro atoms. The van der Waals surface area contributed by atoms with Crippen LogP contribution >= 0.6 is 0 Å². The lowest BCUT2D eigenvalue weighted by atomic mass is 9.87. The Morgan fingerprint density at radius 3 is 2.24 bits per heavy atom. The molecule has 1 aromatic carbocycles. The fourth-order valence-electron chi connectivity index (χ4n) is 2.48. The Bertz CT molecular complexity index is 732. The number of hydrogen-bond acceptors (Lipinski definition) is 3. The number of nitrogens with zero attached hydrogens (tertiary/aromatic N) is 2. The molecule has 25 heavy (non-hydrogen) atoms. The number of ether oxygens (including phenoxy) is 1. The lowest BCUT2D eigenvalue weighted by Crippen LogP contribution is -2.28. The third kappa shape index (κ3) is 5.08. The van der Waals surface area contributed by atoms with Crippen LogP contribution in [-0.2, 0) is 15.7 Å². The van der Waals surface area contributed by atoms with Gasteiger partial charge in [0.25, 0.3) is 5.91 Å². The molecule has 5 nitrogen and oxygen atoms in total. The van der Waals surface area contributed by atoms with Gasteiger partial charge in [-0.25, -0.2) is 4.68 Å². The van der Waals surface area contributed by atoms with Gasteiger partial charge in [0, 0.05) is 6.07 Å². The zero-order chi connectivity index (χ0) is 18.8. The number of benzene rings is 1. The molecule has 0 aliphatic carbocycles. The van der Waals surface area contributed by atoms with Crippen LogP contribution in [0.5, 0.6) is 5.75 Å². The second-order valence-corrected chi connectivity index (χ2v) is 8.36. The number of aromatic nitrogens is 2. The summed E-state index contributed by atoms with van der Waals surface area (Å²) in [5.41, 5.74) is 1.98. The lowest BCUT2D eigenvalue weighted by Gasteiger charge is -2.22. The number of carbonyl (C=O) groups excluding carboxylic acids is 1. The summed E-state index contributed by atoms with van der Waals surface area (Å²) in [5, 5.41) is 7.33. The van der Waals surface area contributed by atoms with Crippen LogP contribution in [0.4, 0.5) is 5.82 Å². The summed E-state index contributed by atoms with van der Waals surface area (Å²) in [6, 6.07) is 9.73. The van der Waals surface area contributed by atoms with E-state index in [0.29, 0.717) is 11.6 Å². The molecular formula is C20H29N3O2. The smallest absolute Gasteiger partial charge is 0.263 e. The molecule has 1 amide bonds. The number of aryl methyl sites for hydroxylation is 1. The van der Waals surface area contributed by atoms with Crippen molar-refractivity contribution in [1.29, 1.82) is 0 Å². The van der Waals surface area contributed by atoms with Crippen molar-refractivity contribution in [2.24, 2.45) is 0 Å². The number of hydrogen-bond donors (Lipinski definition) is 1. The van der Waals surface area contributed by atoms with E-state index in [2.05, 4.69) is 31.2 Å². The van der Waals surface area contributed by atoms with Crippen LogP contribution in [0.15, 0.2) is 30.3 Å². The van der Waals surface area contributed by atoms with Gasteiger partial charge in [-0.3, -0.25) is 4.79 Å². The maximum absolute atomic E-state index is 12.2. The minimum Gasteiger partial charge on any atom is -0.484 e. The molecule has 1 heterocycles. The minimum absolute atomic E-state index is 0.0385. The summed E-state index contributed by atoms with van der Waals surface area (Å²) in [4.78, 5) is 12.2. The first-order valence-corrected chi connectivity index (χ1v) is 8.57. The maximum Gasteiger partial charge on any atom is 0.263 e. The van der Waals surface area contributed by atoms with Crippen LogP contribution in [0.2, 0.25) is 0 Å². The summed E-state index contributed by atoms with van der Waals surface area (Å²) in [6.07, 6.45) is 0. The summed E-state index contributed by atoms with van der Waals surface area (Å²) < 4.78 is 7.42. The highest BCUT2D eigenvalue weighted by molar-refractivity contribution is 5.91. The Kier molecular flexibility index (Phi) is 5.26. The normalized spacial score (nSPS) is 12.1. The van der Waals surface area contributed by atoms with Crippen molar-refractivity contribution in [2.45, 2.75) is 59.4 Å². The zero-order valence-corrected chi connectivity index (χ0v) is 16.3. The Morgan fingerprint density at radius 1 is 1.12 bits per heavy atom. The molecule has 0 saturated carbocycles. The molecule has 2 aromatic rings. The minimum atomic E-state index is -0.208. The topological polar surface area (TPSA) is 56.1 Å². The van der Waals surface area contributed by atoms with Crippen LogP contribution in [0.3, 0.4) is 0 Å². The van der Waals surface area contributed by atoms with Crippen LogP contribution < -0.4 is 10.1 Å². The van der Waals surface area contributed by atoms with Crippen molar-refractivity contribution in [3.63, 3.8) is 0 Å². The van der Waals surface area contributed by atoms with E-state index in [9.17, 15) is 4.79 Å². The van der Waals surface area contributed by atoms with Crippen molar-refractivity contribution in [1.82, 2.24) is 9.78 Å². The zero-order valence-electron chi connectivity index (χ0n) is 16.3. The molecule has 0 fully saturated rings. The van der Waals surface area contributed by atoms with Gasteiger partial charge in [0.05, 0.1) is 11.2 Å². The Morgan fingerprint density at radius 2 is 1.72 bits per heavy atom. The van der Waals surface area contributed by atoms with Crippen molar-refractivity contribution >= 4 is 11.7 Å². The fraction of sp³-hybridized carbons (Fsp3) is 0.500.